The van der Waals surface area contributed by atoms with Gasteiger partial charge in [-0.25, -0.2) is 4.79 Å². The number of nitrogens with zero attached hydrogens (tertiary/aromatic N) is 3. The van der Waals surface area contributed by atoms with Crippen LogP contribution in [0.15, 0.2) is 40.1 Å². The molecule has 1 atom stereocenters. The zero-order valence-electron chi connectivity index (χ0n) is 17.4. The summed E-state index contributed by atoms with van der Waals surface area (Å²) in [6.45, 7) is -0.452. The minimum Gasteiger partial charge on any atom is -0.468 e. The Morgan fingerprint density at radius 2 is 1.87 bits per heavy atom. The molecule has 9 nitrogen and oxygen atoms in total. The molecule has 0 bridgehead atoms. The number of hydrogen-bond donors (Lipinski definition) is 0. The van der Waals surface area contributed by atoms with Gasteiger partial charge in [-0.05, 0) is 30.4 Å². The minimum absolute atomic E-state index is 0.142. The highest BCUT2D eigenvalue weighted by molar-refractivity contribution is 6.32. The van der Waals surface area contributed by atoms with Gasteiger partial charge in [0.25, 0.3) is 17.4 Å². The van der Waals surface area contributed by atoms with Gasteiger partial charge in [0.2, 0.25) is 0 Å². The first-order valence-corrected chi connectivity index (χ1v) is 9.76. The molecule has 9 heteroatoms. The van der Waals surface area contributed by atoms with Crippen molar-refractivity contribution in [2.24, 2.45) is 14.1 Å². The van der Waals surface area contributed by atoms with Gasteiger partial charge in [-0.3, -0.25) is 28.6 Å². The molecule has 1 aromatic carbocycles. The van der Waals surface area contributed by atoms with Gasteiger partial charge in [0.15, 0.2) is 0 Å². The number of carbonyl (C=O) groups is 3. The van der Waals surface area contributed by atoms with Gasteiger partial charge in [0, 0.05) is 42.6 Å². The van der Waals surface area contributed by atoms with E-state index in [0.717, 1.165) is 15.0 Å². The quantitative estimate of drug-likeness (QED) is 0.519. The van der Waals surface area contributed by atoms with E-state index in [9.17, 15) is 24.0 Å². The Bertz CT molecular complexity index is 1280. The molecule has 0 saturated heterocycles. The number of methoxy groups -OCH3 is 1. The summed E-state index contributed by atoms with van der Waals surface area (Å²) in [4.78, 5) is 63.0. The Kier molecular flexibility index (Phi) is 4.96. The maximum atomic E-state index is 13.0. The second-order valence-corrected chi connectivity index (χ2v) is 7.71. The van der Waals surface area contributed by atoms with Gasteiger partial charge in [-0.2, -0.15) is 0 Å². The lowest BCUT2D eigenvalue weighted by Gasteiger charge is -2.33. The Morgan fingerprint density at radius 1 is 1.13 bits per heavy atom. The van der Waals surface area contributed by atoms with Crippen molar-refractivity contribution in [3.8, 4) is 0 Å². The summed E-state index contributed by atoms with van der Waals surface area (Å²) < 4.78 is 7.03. The number of imide groups is 1. The van der Waals surface area contributed by atoms with Crippen LogP contribution in [0.2, 0.25) is 0 Å². The molecule has 1 aliphatic heterocycles. The van der Waals surface area contributed by atoms with Crippen molar-refractivity contribution in [2.45, 2.75) is 18.8 Å². The largest absolute Gasteiger partial charge is 0.468 e. The first-order valence-electron chi connectivity index (χ1n) is 9.76. The predicted molar refractivity (Wildman–Crippen MR) is 110 cm³/mol. The molecule has 0 radical (unpaired) electrons. The molecule has 0 spiro atoms. The topological polar surface area (TPSA) is 108 Å². The maximum Gasteiger partial charge on any atom is 0.330 e. The molecule has 0 saturated carbocycles. The first kappa shape index (κ1) is 20.5. The number of benzene rings is 1. The zero-order chi connectivity index (χ0) is 22.4. The van der Waals surface area contributed by atoms with Crippen molar-refractivity contribution in [3.05, 3.63) is 73.6 Å². The summed E-state index contributed by atoms with van der Waals surface area (Å²) in [5, 5.41) is 0. The second kappa shape index (κ2) is 7.50. The monoisotopic (exact) mass is 423 g/mol. The number of rotatable bonds is 4. The summed E-state index contributed by atoms with van der Waals surface area (Å²) in [5.41, 5.74) is 1.77. The van der Waals surface area contributed by atoms with E-state index in [1.54, 1.807) is 25.3 Å². The van der Waals surface area contributed by atoms with Crippen LogP contribution in [0.5, 0.6) is 0 Å². The number of ether oxygens (including phenoxy) is 1. The number of aryl methyl sites for hydroxylation is 1. The van der Waals surface area contributed by atoms with E-state index in [-0.39, 0.29) is 11.5 Å². The number of hydrogen-bond acceptors (Lipinski definition) is 6. The minimum atomic E-state index is -0.680. The molecule has 1 unspecified atom stereocenters. The van der Waals surface area contributed by atoms with E-state index in [1.165, 1.54) is 24.9 Å². The molecular formula is C22H21N3O6. The van der Waals surface area contributed by atoms with E-state index in [0.29, 0.717) is 35.1 Å². The van der Waals surface area contributed by atoms with Crippen LogP contribution in [-0.4, -0.2) is 45.5 Å². The summed E-state index contributed by atoms with van der Waals surface area (Å²) in [7, 11) is 4.22. The third-order valence-electron chi connectivity index (χ3n) is 5.86. The van der Waals surface area contributed by atoms with Gasteiger partial charge < -0.3 is 9.30 Å². The fourth-order valence-electron chi connectivity index (χ4n) is 4.27. The summed E-state index contributed by atoms with van der Waals surface area (Å²) in [6, 6.07) is 5.20. The lowest BCUT2D eigenvalue weighted by atomic mass is 9.76. The Balaban J connectivity index is 1.76. The van der Waals surface area contributed by atoms with E-state index >= 15 is 0 Å². The standard InChI is InChI=1S/C22H21N3O6/c1-23-10-13(19(27)24(2)22(23)30)9-12-7-8-16-18-14(12)5-4-6-15(18)20(28)25(21(16)29)11-17(26)31-3/h4-6,8,10,12H,7,9,11H2,1-3H3. The molecule has 2 aromatic rings. The van der Waals surface area contributed by atoms with Crippen molar-refractivity contribution in [3.63, 3.8) is 0 Å². The fourth-order valence-corrected chi connectivity index (χ4v) is 4.27. The first-order chi connectivity index (χ1) is 14.7. The molecule has 1 aromatic heterocycles. The Hall–Kier alpha value is -3.75. The smallest absolute Gasteiger partial charge is 0.330 e. The zero-order valence-corrected chi connectivity index (χ0v) is 17.4. The maximum absolute atomic E-state index is 13.0. The van der Waals surface area contributed by atoms with E-state index in [2.05, 4.69) is 4.74 Å². The molecule has 2 amide bonds. The van der Waals surface area contributed by atoms with Crippen LogP contribution in [0.1, 0.15) is 39.4 Å². The van der Waals surface area contributed by atoms with Crippen LogP contribution in [0, 0.1) is 0 Å². The number of esters is 1. The molecule has 2 heterocycles. The normalized spacial score (nSPS) is 17.3. The summed E-state index contributed by atoms with van der Waals surface area (Å²) in [5.74, 6) is -1.91. The van der Waals surface area contributed by atoms with Crippen molar-refractivity contribution >= 4 is 23.4 Å². The van der Waals surface area contributed by atoms with Crippen molar-refractivity contribution in [2.75, 3.05) is 13.7 Å². The highest BCUT2D eigenvalue weighted by Gasteiger charge is 2.40. The SMILES string of the molecule is COC(=O)CN1C(=O)C2=CCC(Cc3cn(C)c(=O)n(C)c3=O)c3cccc(c32)C1=O. The highest BCUT2D eigenvalue weighted by Crippen LogP contribution is 2.41. The van der Waals surface area contributed by atoms with Crippen LogP contribution in [0.4, 0.5) is 0 Å². The van der Waals surface area contributed by atoms with E-state index in [1.807, 2.05) is 6.07 Å². The molecule has 160 valence electrons. The van der Waals surface area contributed by atoms with Crippen molar-refractivity contribution in [1.29, 1.82) is 0 Å². The molecule has 1 aliphatic carbocycles. The van der Waals surface area contributed by atoms with Crippen LogP contribution in [-0.2, 0) is 34.8 Å². The van der Waals surface area contributed by atoms with Gasteiger partial charge in [0.05, 0.1) is 7.11 Å². The van der Waals surface area contributed by atoms with Crippen LogP contribution in [0.3, 0.4) is 0 Å². The summed E-state index contributed by atoms with van der Waals surface area (Å²) >= 11 is 0. The van der Waals surface area contributed by atoms with Crippen LogP contribution in [0.25, 0.3) is 5.57 Å². The van der Waals surface area contributed by atoms with Crippen LogP contribution < -0.4 is 11.2 Å². The average molecular weight is 423 g/mol. The van der Waals surface area contributed by atoms with E-state index < -0.39 is 30.0 Å². The fraction of sp³-hybridized carbons (Fsp3) is 0.318. The van der Waals surface area contributed by atoms with E-state index in [4.69, 9.17) is 0 Å². The third-order valence-corrected chi connectivity index (χ3v) is 5.86. The molecule has 2 aliphatic rings. The lowest BCUT2D eigenvalue weighted by Crippen LogP contribution is -2.45. The lowest BCUT2D eigenvalue weighted by molar-refractivity contribution is -0.144. The molecule has 31 heavy (non-hydrogen) atoms. The van der Waals surface area contributed by atoms with Crippen LogP contribution >= 0.6 is 0 Å². The van der Waals surface area contributed by atoms with Gasteiger partial charge in [0.1, 0.15) is 6.54 Å². The van der Waals surface area contributed by atoms with Crippen molar-refractivity contribution < 1.29 is 19.1 Å². The molecule has 0 N–H and O–H groups in total. The van der Waals surface area contributed by atoms with Gasteiger partial charge >= 0.3 is 11.7 Å². The van der Waals surface area contributed by atoms with Crippen molar-refractivity contribution in [1.82, 2.24) is 14.0 Å². The Morgan fingerprint density at radius 3 is 2.58 bits per heavy atom. The second-order valence-electron chi connectivity index (χ2n) is 7.71. The van der Waals surface area contributed by atoms with Gasteiger partial charge in [-0.1, -0.05) is 18.2 Å². The average Bonchev–Trinajstić information content (AvgIpc) is 2.77. The molecular weight excluding hydrogens is 402 g/mol. The number of aromatic nitrogens is 2. The van der Waals surface area contributed by atoms with Gasteiger partial charge in [-0.15, -0.1) is 0 Å². The number of amides is 2. The highest BCUT2D eigenvalue weighted by atomic mass is 16.5. The third kappa shape index (κ3) is 3.22. The molecule has 0 fully saturated rings. The summed E-state index contributed by atoms with van der Waals surface area (Å²) in [6.07, 6.45) is 4.12. The predicted octanol–water partition coefficient (Wildman–Crippen LogP) is 0.353. The molecule has 4 rings (SSSR count). The Labute approximate surface area is 177 Å². The number of allylic oxidation sites excluding steroid dienone is 1. The number of carbonyl (C=O) groups excluding carboxylic acids is 3.